The van der Waals surface area contributed by atoms with Crippen LogP contribution in [-0.2, 0) is 11.2 Å². The van der Waals surface area contributed by atoms with Crippen LogP contribution in [0.25, 0.3) is 5.69 Å². The summed E-state index contributed by atoms with van der Waals surface area (Å²) in [6, 6.07) is 11.4. The highest BCUT2D eigenvalue weighted by Gasteiger charge is 2.18. The van der Waals surface area contributed by atoms with Gasteiger partial charge in [0.2, 0.25) is 5.91 Å². The van der Waals surface area contributed by atoms with E-state index in [1.807, 2.05) is 0 Å². The minimum absolute atomic E-state index is 0.00755. The zero-order valence-electron chi connectivity index (χ0n) is 17.2. The Kier molecular flexibility index (Phi) is 7.66. The zero-order valence-corrected chi connectivity index (χ0v) is 18.0. The largest absolute Gasteiger partial charge is 0.356 e. The summed E-state index contributed by atoms with van der Waals surface area (Å²) in [5.41, 5.74) is 0.711. The van der Waals surface area contributed by atoms with Crippen molar-refractivity contribution in [3.05, 3.63) is 75.9 Å². The molecule has 3 rings (SSSR count). The van der Waals surface area contributed by atoms with Crippen molar-refractivity contribution >= 4 is 29.1 Å². The number of non-ortho nitro benzene ring substituents is 1. The van der Waals surface area contributed by atoms with Gasteiger partial charge in [0.1, 0.15) is 11.6 Å². The van der Waals surface area contributed by atoms with Crippen LogP contribution in [0.3, 0.4) is 0 Å². The number of halogens is 1. The Morgan fingerprint density at radius 2 is 1.94 bits per heavy atom. The summed E-state index contributed by atoms with van der Waals surface area (Å²) in [4.78, 5) is 34.0. The number of amides is 1. The molecule has 11 heteroatoms. The first kappa shape index (κ1) is 23.1. The molecule has 0 aliphatic heterocycles. The molecule has 1 N–H and O–H groups in total. The number of ketones is 1. The lowest BCUT2D eigenvalue weighted by Crippen LogP contribution is -2.21. The standard InChI is InChI=1S/C21H20FN5O4S/c1-14(28)23-11-3-6-20-24-25-21(26(20)17-9-7-16(22)8-10-17)32-13-19(29)15-4-2-5-18(12-15)27(30)31/h2,4-5,7-10,12H,3,6,11,13H2,1H3,(H,23,28). The molecule has 0 aliphatic rings. The maximum Gasteiger partial charge on any atom is 0.270 e. The first-order chi connectivity index (χ1) is 15.3. The summed E-state index contributed by atoms with van der Waals surface area (Å²) in [7, 11) is 0. The normalized spacial score (nSPS) is 10.7. The summed E-state index contributed by atoms with van der Waals surface area (Å²) < 4.78 is 15.1. The number of rotatable bonds is 10. The molecule has 0 saturated carbocycles. The van der Waals surface area contributed by atoms with E-state index in [9.17, 15) is 24.1 Å². The Morgan fingerprint density at radius 1 is 1.19 bits per heavy atom. The van der Waals surface area contributed by atoms with Crippen molar-refractivity contribution in [2.75, 3.05) is 12.3 Å². The quantitative estimate of drug-likeness (QED) is 0.163. The van der Waals surface area contributed by atoms with Crippen molar-refractivity contribution in [1.29, 1.82) is 0 Å². The lowest BCUT2D eigenvalue weighted by Gasteiger charge is -2.10. The predicted molar refractivity (Wildman–Crippen MR) is 116 cm³/mol. The SMILES string of the molecule is CC(=O)NCCCc1nnc(SCC(=O)c2cccc([N+](=O)[O-])c2)n1-c1ccc(F)cc1. The summed E-state index contributed by atoms with van der Waals surface area (Å²) in [5.74, 6) is -0.205. The number of aryl methyl sites for hydroxylation is 1. The minimum Gasteiger partial charge on any atom is -0.356 e. The van der Waals surface area contributed by atoms with Gasteiger partial charge in [0.05, 0.1) is 10.7 Å². The van der Waals surface area contributed by atoms with Crippen LogP contribution >= 0.6 is 11.8 Å². The van der Waals surface area contributed by atoms with E-state index < -0.39 is 4.92 Å². The molecule has 0 radical (unpaired) electrons. The first-order valence-electron chi connectivity index (χ1n) is 9.70. The third kappa shape index (κ3) is 5.97. The third-order valence-electron chi connectivity index (χ3n) is 4.45. The lowest BCUT2D eigenvalue weighted by atomic mass is 10.1. The van der Waals surface area contributed by atoms with Gasteiger partial charge >= 0.3 is 0 Å². The van der Waals surface area contributed by atoms with Crippen LogP contribution in [0.5, 0.6) is 0 Å². The highest BCUT2D eigenvalue weighted by Crippen LogP contribution is 2.24. The highest BCUT2D eigenvalue weighted by atomic mass is 32.2. The van der Waals surface area contributed by atoms with Gasteiger partial charge in [-0.2, -0.15) is 0 Å². The number of aromatic nitrogens is 3. The molecule has 0 spiro atoms. The molecule has 0 aliphatic carbocycles. The van der Waals surface area contributed by atoms with Crippen molar-refractivity contribution in [2.24, 2.45) is 0 Å². The van der Waals surface area contributed by atoms with E-state index in [0.717, 1.165) is 11.8 Å². The van der Waals surface area contributed by atoms with Crippen LogP contribution in [0.2, 0.25) is 0 Å². The second-order valence-corrected chi connectivity index (χ2v) is 7.76. The molecular weight excluding hydrogens is 437 g/mol. The summed E-state index contributed by atoms with van der Waals surface area (Å²) >= 11 is 1.13. The molecule has 2 aromatic carbocycles. The summed E-state index contributed by atoms with van der Waals surface area (Å²) in [6.45, 7) is 1.91. The van der Waals surface area contributed by atoms with Gasteiger partial charge in [-0.3, -0.25) is 24.3 Å². The molecule has 3 aromatic rings. The van der Waals surface area contributed by atoms with Crippen LogP contribution in [0.4, 0.5) is 10.1 Å². The number of thioether (sulfide) groups is 1. The third-order valence-corrected chi connectivity index (χ3v) is 5.38. The van der Waals surface area contributed by atoms with Crippen LogP contribution in [0.15, 0.2) is 53.7 Å². The number of benzene rings is 2. The van der Waals surface area contributed by atoms with Crippen LogP contribution in [-0.4, -0.2) is 43.7 Å². The van der Waals surface area contributed by atoms with E-state index in [2.05, 4.69) is 15.5 Å². The molecule has 0 fully saturated rings. The van der Waals surface area contributed by atoms with E-state index in [1.165, 1.54) is 43.3 Å². The van der Waals surface area contributed by atoms with Crippen molar-refractivity contribution in [3.8, 4) is 5.69 Å². The van der Waals surface area contributed by atoms with Gasteiger partial charge in [-0.1, -0.05) is 23.9 Å². The van der Waals surface area contributed by atoms with Gasteiger partial charge in [-0.25, -0.2) is 4.39 Å². The number of hydrogen-bond donors (Lipinski definition) is 1. The van der Waals surface area contributed by atoms with Gasteiger partial charge in [0, 0.05) is 43.3 Å². The fraction of sp³-hybridized carbons (Fsp3) is 0.238. The van der Waals surface area contributed by atoms with Gasteiger partial charge in [-0.05, 0) is 30.7 Å². The number of carbonyl (C=O) groups is 2. The summed E-state index contributed by atoms with van der Waals surface area (Å²) in [5, 5.41) is 22.5. The van der Waals surface area contributed by atoms with E-state index in [1.54, 1.807) is 16.7 Å². The second kappa shape index (κ2) is 10.6. The Hall–Kier alpha value is -3.60. The van der Waals surface area contributed by atoms with Gasteiger partial charge < -0.3 is 5.32 Å². The predicted octanol–water partition coefficient (Wildman–Crippen LogP) is 3.36. The minimum atomic E-state index is -0.553. The average molecular weight is 457 g/mol. The molecule has 0 atom stereocenters. The smallest absolute Gasteiger partial charge is 0.270 e. The molecular formula is C21H20FN5O4S. The van der Waals surface area contributed by atoms with E-state index >= 15 is 0 Å². The van der Waals surface area contributed by atoms with Crippen molar-refractivity contribution in [1.82, 2.24) is 20.1 Å². The Labute approximate surface area is 187 Å². The molecule has 32 heavy (non-hydrogen) atoms. The number of hydrogen-bond acceptors (Lipinski definition) is 7. The molecule has 1 amide bonds. The monoisotopic (exact) mass is 457 g/mol. The highest BCUT2D eigenvalue weighted by molar-refractivity contribution is 7.99. The van der Waals surface area contributed by atoms with Crippen molar-refractivity contribution < 1.29 is 18.9 Å². The number of nitrogens with one attached hydrogen (secondary N) is 1. The average Bonchev–Trinajstić information content (AvgIpc) is 3.18. The van der Waals surface area contributed by atoms with Gasteiger partial charge in [0.25, 0.3) is 5.69 Å². The number of nitro benzene ring substituents is 1. The number of Topliss-reactive ketones (excluding diaryl/α,β-unsaturated/α-hetero) is 1. The lowest BCUT2D eigenvalue weighted by molar-refractivity contribution is -0.384. The number of nitro groups is 1. The Balaban J connectivity index is 1.78. The zero-order chi connectivity index (χ0) is 23.1. The van der Waals surface area contributed by atoms with Crippen molar-refractivity contribution in [2.45, 2.75) is 24.9 Å². The molecule has 0 saturated heterocycles. The Morgan fingerprint density at radius 3 is 2.62 bits per heavy atom. The van der Waals surface area contributed by atoms with Gasteiger partial charge in [0.15, 0.2) is 10.9 Å². The molecule has 9 nitrogen and oxygen atoms in total. The molecule has 166 valence electrons. The number of carbonyl (C=O) groups excluding carboxylic acids is 2. The van der Waals surface area contributed by atoms with E-state index in [0.29, 0.717) is 36.1 Å². The van der Waals surface area contributed by atoms with E-state index in [4.69, 9.17) is 0 Å². The maximum atomic E-state index is 13.4. The summed E-state index contributed by atoms with van der Waals surface area (Å²) in [6.07, 6.45) is 1.13. The Bertz CT molecular complexity index is 1130. The van der Waals surface area contributed by atoms with Crippen molar-refractivity contribution in [3.63, 3.8) is 0 Å². The molecule has 0 unspecified atom stereocenters. The fourth-order valence-electron chi connectivity index (χ4n) is 2.92. The first-order valence-corrected chi connectivity index (χ1v) is 10.7. The van der Waals surface area contributed by atoms with Gasteiger partial charge in [-0.15, -0.1) is 10.2 Å². The molecule has 1 aromatic heterocycles. The maximum absolute atomic E-state index is 13.4. The van der Waals surface area contributed by atoms with Crippen LogP contribution < -0.4 is 5.32 Å². The fourth-order valence-corrected chi connectivity index (χ4v) is 3.79. The number of nitrogens with zero attached hydrogens (tertiary/aromatic N) is 4. The van der Waals surface area contributed by atoms with E-state index in [-0.39, 0.29) is 34.5 Å². The second-order valence-electron chi connectivity index (χ2n) is 6.82. The van der Waals surface area contributed by atoms with Crippen LogP contribution in [0.1, 0.15) is 29.5 Å². The molecule has 0 bridgehead atoms. The van der Waals surface area contributed by atoms with Crippen LogP contribution in [0, 0.1) is 15.9 Å². The molecule has 1 heterocycles. The topological polar surface area (TPSA) is 120 Å².